The largest absolute Gasteiger partial charge is 0.481 e. The van der Waals surface area contributed by atoms with Crippen molar-refractivity contribution in [2.24, 2.45) is 5.92 Å². The fourth-order valence-electron chi connectivity index (χ4n) is 2.38. The van der Waals surface area contributed by atoms with Gasteiger partial charge in [-0.2, -0.15) is 0 Å². The van der Waals surface area contributed by atoms with E-state index >= 15 is 0 Å². The minimum atomic E-state index is -0.911. The Balaban J connectivity index is 1.89. The number of carboxylic acid groups (broad SMARTS) is 1. The van der Waals surface area contributed by atoms with Gasteiger partial charge in [0, 0.05) is 31.7 Å². The molecule has 0 aliphatic carbocycles. The van der Waals surface area contributed by atoms with Crippen molar-refractivity contribution in [2.45, 2.75) is 13.3 Å². The molecule has 0 saturated carbocycles. The van der Waals surface area contributed by atoms with Crippen LogP contribution in [0.1, 0.15) is 12.5 Å². The first-order valence-electron chi connectivity index (χ1n) is 7.53. The number of fused-ring (bicyclic) bond motifs is 1. The quantitative estimate of drug-likeness (QED) is 0.855. The van der Waals surface area contributed by atoms with Crippen LogP contribution in [0.3, 0.4) is 0 Å². The number of nitrogens with one attached hydrogen (secondary N) is 1. The summed E-state index contributed by atoms with van der Waals surface area (Å²) in [5, 5.41) is 12.8. The van der Waals surface area contributed by atoms with Crippen LogP contribution in [0.5, 0.6) is 0 Å². The van der Waals surface area contributed by atoms with Gasteiger partial charge in [-0.3, -0.25) is 9.78 Å². The zero-order valence-corrected chi connectivity index (χ0v) is 13.3. The van der Waals surface area contributed by atoms with E-state index in [2.05, 4.69) is 10.3 Å². The maximum atomic E-state index is 12.0. The standard InChI is InChI=1S/C17H21N3O3/c1-12(16(21)22)11-20(2)17(23)19-10-8-14-6-3-5-13-7-4-9-18-15(13)14/h3-7,9,12H,8,10-11H2,1-2H3,(H,19,23)(H,21,22). The summed E-state index contributed by atoms with van der Waals surface area (Å²) in [6, 6.07) is 9.61. The highest BCUT2D eigenvalue weighted by Crippen LogP contribution is 2.15. The highest BCUT2D eigenvalue weighted by Gasteiger charge is 2.16. The van der Waals surface area contributed by atoms with E-state index in [1.165, 1.54) is 4.90 Å². The molecule has 1 unspecified atom stereocenters. The molecule has 1 heterocycles. The Labute approximate surface area is 135 Å². The van der Waals surface area contributed by atoms with Gasteiger partial charge in [0.1, 0.15) is 0 Å². The molecule has 0 aliphatic heterocycles. The van der Waals surface area contributed by atoms with E-state index in [9.17, 15) is 9.59 Å². The van der Waals surface area contributed by atoms with E-state index in [4.69, 9.17) is 5.11 Å². The fourth-order valence-corrected chi connectivity index (χ4v) is 2.38. The molecule has 0 bridgehead atoms. The van der Waals surface area contributed by atoms with Crippen LogP contribution in [0.4, 0.5) is 4.79 Å². The Bertz CT molecular complexity index is 697. The van der Waals surface area contributed by atoms with E-state index in [-0.39, 0.29) is 12.6 Å². The summed E-state index contributed by atoms with van der Waals surface area (Å²) in [5.74, 6) is -1.50. The molecule has 6 nitrogen and oxygen atoms in total. The van der Waals surface area contributed by atoms with E-state index < -0.39 is 11.9 Å². The van der Waals surface area contributed by atoms with Crippen LogP contribution in [0.2, 0.25) is 0 Å². The lowest BCUT2D eigenvalue weighted by atomic mass is 10.1. The van der Waals surface area contributed by atoms with Crippen LogP contribution < -0.4 is 5.32 Å². The number of nitrogens with zero attached hydrogens (tertiary/aromatic N) is 2. The van der Waals surface area contributed by atoms with Crippen LogP contribution in [-0.2, 0) is 11.2 Å². The molecule has 1 aromatic carbocycles. The summed E-state index contributed by atoms with van der Waals surface area (Å²) >= 11 is 0. The summed E-state index contributed by atoms with van der Waals surface area (Å²) in [7, 11) is 1.59. The number of rotatable bonds is 6. The minimum Gasteiger partial charge on any atom is -0.481 e. The predicted molar refractivity (Wildman–Crippen MR) is 88.3 cm³/mol. The van der Waals surface area contributed by atoms with Crippen molar-refractivity contribution < 1.29 is 14.7 Å². The second-order valence-electron chi connectivity index (χ2n) is 5.59. The fraction of sp³-hybridized carbons (Fsp3) is 0.353. The summed E-state index contributed by atoms with van der Waals surface area (Å²) < 4.78 is 0. The number of aliphatic carboxylic acids is 1. The monoisotopic (exact) mass is 315 g/mol. The number of hydrogen-bond acceptors (Lipinski definition) is 3. The Morgan fingerprint density at radius 2 is 2.04 bits per heavy atom. The van der Waals surface area contributed by atoms with E-state index in [1.54, 1.807) is 20.2 Å². The molecule has 0 spiro atoms. The van der Waals surface area contributed by atoms with Gasteiger partial charge in [0.05, 0.1) is 11.4 Å². The first kappa shape index (κ1) is 16.7. The van der Waals surface area contributed by atoms with Crippen molar-refractivity contribution in [3.63, 3.8) is 0 Å². The molecule has 23 heavy (non-hydrogen) atoms. The van der Waals surface area contributed by atoms with Crippen molar-refractivity contribution in [3.8, 4) is 0 Å². The number of carbonyl (C=O) groups excluding carboxylic acids is 1. The summed E-state index contributed by atoms with van der Waals surface area (Å²) in [6.45, 7) is 2.23. The van der Waals surface area contributed by atoms with Crippen LogP contribution in [0.15, 0.2) is 36.5 Å². The molecule has 1 aromatic heterocycles. The number of aromatic nitrogens is 1. The first-order chi connectivity index (χ1) is 11.0. The van der Waals surface area contributed by atoms with Gasteiger partial charge in [-0.25, -0.2) is 4.79 Å². The molecule has 6 heteroatoms. The van der Waals surface area contributed by atoms with Crippen molar-refractivity contribution in [1.82, 2.24) is 15.2 Å². The molecule has 0 saturated heterocycles. The molecule has 2 aromatic rings. The van der Waals surface area contributed by atoms with Gasteiger partial charge >= 0.3 is 12.0 Å². The third-order valence-corrected chi connectivity index (χ3v) is 3.70. The molecule has 0 radical (unpaired) electrons. The maximum absolute atomic E-state index is 12.0. The number of carboxylic acids is 1. The number of hydrogen-bond donors (Lipinski definition) is 2. The number of benzene rings is 1. The normalized spacial score (nSPS) is 11.9. The van der Waals surface area contributed by atoms with Gasteiger partial charge in [-0.15, -0.1) is 0 Å². The zero-order valence-electron chi connectivity index (χ0n) is 13.3. The lowest BCUT2D eigenvalue weighted by molar-refractivity contribution is -0.141. The maximum Gasteiger partial charge on any atom is 0.317 e. The Hall–Kier alpha value is -2.63. The van der Waals surface area contributed by atoms with Gasteiger partial charge in [0.2, 0.25) is 0 Å². The van der Waals surface area contributed by atoms with Crippen molar-refractivity contribution in [2.75, 3.05) is 20.1 Å². The molecule has 0 aliphatic rings. The van der Waals surface area contributed by atoms with Gasteiger partial charge in [0.25, 0.3) is 0 Å². The van der Waals surface area contributed by atoms with E-state index in [0.29, 0.717) is 13.0 Å². The Kier molecular flexibility index (Phi) is 5.51. The summed E-state index contributed by atoms with van der Waals surface area (Å²) in [6.07, 6.45) is 2.42. The molecule has 122 valence electrons. The number of urea groups is 1. The molecule has 2 N–H and O–H groups in total. The molecular weight excluding hydrogens is 294 g/mol. The molecule has 0 fully saturated rings. The average Bonchev–Trinajstić information content (AvgIpc) is 2.54. The Morgan fingerprint density at radius 1 is 1.30 bits per heavy atom. The van der Waals surface area contributed by atoms with Gasteiger partial charge in [0.15, 0.2) is 0 Å². The first-order valence-corrected chi connectivity index (χ1v) is 7.53. The summed E-state index contributed by atoms with van der Waals surface area (Å²) in [5.41, 5.74) is 2.02. The lowest BCUT2D eigenvalue weighted by Gasteiger charge is -2.20. The second kappa shape index (κ2) is 7.58. The van der Waals surface area contributed by atoms with E-state index in [0.717, 1.165) is 16.5 Å². The lowest BCUT2D eigenvalue weighted by Crippen LogP contribution is -2.41. The van der Waals surface area contributed by atoms with E-state index in [1.807, 2.05) is 30.3 Å². The van der Waals surface area contributed by atoms with Gasteiger partial charge in [-0.05, 0) is 18.1 Å². The molecule has 2 rings (SSSR count). The predicted octanol–water partition coefficient (Wildman–Crippen LogP) is 2.14. The van der Waals surface area contributed by atoms with Gasteiger partial charge < -0.3 is 15.3 Å². The van der Waals surface area contributed by atoms with Gasteiger partial charge in [-0.1, -0.05) is 31.2 Å². The topological polar surface area (TPSA) is 82.5 Å². The number of amides is 2. The average molecular weight is 315 g/mol. The Morgan fingerprint density at radius 3 is 2.78 bits per heavy atom. The summed E-state index contributed by atoms with van der Waals surface area (Å²) in [4.78, 5) is 28.6. The SMILES string of the molecule is CC(CN(C)C(=O)NCCc1cccc2cccnc12)C(=O)O. The smallest absolute Gasteiger partial charge is 0.317 e. The highest BCUT2D eigenvalue weighted by molar-refractivity contribution is 5.81. The van der Waals surface area contributed by atoms with Crippen LogP contribution >= 0.6 is 0 Å². The highest BCUT2D eigenvalue weighted by atomic mass is 16.4. The van der Waals surface area contributed by atoms with Crippen LogP contribution in [-0.4, -0.2) is 47.1 Å². The number of pyridine rings is 1. The van der Waals surface area contributed by atoms with Crippen molar-refractivity contribution in [1.29, 1.82) is 0 Å². The minimum absolute atomic E-state index is 0.178. The third kappa shape index (κ3) is 4.42. The second-order valence-corrected chi connectivity index (χ2v) is 5.59. The van der Waals surface area contributed by atoms with Crippen molar-refractivity contribution >= 4 is 22.9 Å². The molecular formula is C17H21N3O3. The van der Waals surface area contributed by atoms with Crippen molar-refractivity contribution in [3.05, 3.63) is 42.1 Å². The third-order valence-electron chi connectivity index (χ3n) is 3.70. The molecule has 2 amide bonds. The van der Waals surface area contributed by atoms with Crippen LogP contribution in [0.25, 0.3) is 10.9 Å². The number of carbonyl (C=O) groups is 2. The molecule has 1 atom stereocenters. The zero-order chi connectivity index (χ0) is 16.8. The van der Waals surface area contributed by atoms with Crippen LogP contribution in [0, 0.1) is 5.92 Å². The number of para-hydroxylation sites is 1.